The van der Waals surface area contributed by atoms with Crippen LogP contribution in [0.4, 0.5) is 15.8 Å². The van der Waals surface area contributed by atoms with Gasteiger partial charge in [-0.25, -0.2) is 14.2 Å². The number of amidine groups is 1. The van der Waals surface area contributed by atoms with Gasteiger partial charge in [-0.1, -0.05) is 35.5 Å². The van der Waals surface area contributed by atoms with Crippen molar-refractivity contribution in [1.29, 1.82) is 0 Å². The summed E-state index contributed by atoms with van der Waals surface area (Å²) in [7, 11) is 0. The highest BCUT2D eigenvalue weighted by atomic mass is 35.5. The maximum absolute atomic E-state index is 13.3. The van der Waals surface area contributed by atoms with E-state index in [2.05, 4.69) is 10.3 Å². The number of nitrogens with one attached hydrogen (secondary N) is 1. The zero-order valence-corrected chi connectivity index (χ0v) is 22.1. The summed E-state index contributed by atoms with van der Waals surface area (Å²) in [5.41, 5.74) is 2.41. The largest absolute Gasteiger partial charge is 0.462 e. The first kappa shape index (κ1) is 27.3. The van der Waals surface area contributed by atoms with Crippen LogP contribution in [0.25, 0.3) is 0 Å². The van der Waals surface area contributed by atoms with Gasteiger partial charge in [-0.15, -0.1) is 0 Å². The average Bonchev–Trinajstić information content (AvgIpc) is 3.19. The van der Waals surface area contributed by atoms with E-state index in [1.54, 1.807) is 48.2 Å². The quantitative estimate of drug-likeness (QED) is 0.335. The predicted molar refractivity (Wildman–Crippen MR) is 147 cm³/mol. The van der Waals surface area contributed by atoms with Crippen molar-refractivity contribution in [2.75, 3.05) is 18.5 Å². The summed E-state index contributed by atoms with van der Waals surface area (Å²) in [5, 5.41) is 3.12. The molecule has 0 saturated carbocycles. The summed E-state index contributed by atoms with van der Waals surface area (Å²) < 4.78 is 18.2. The van der Waals surface area contributed by atoms with Crippen molar-refractivity contribution in [3.8, 4) is 0 Å². The monoisotopic (exact) mass is 553 g/mol. The molecule has 38 heavy (non-hydrogen) atoms. The molecule has 0 bridgehead atoms. The Morgan fingerprint density at radius 3 is 2.39 bits per heavy atom. The molecule has 196 valence electrons. The minimum atomic E-state index is -0.668. The summed E-state index contributed by atoms with van der Waals surface area (Å²) >= 11 is 7.20. The second-order valence-electron chi connectivity index (χ2n) is 8.39. The molecule has 1 atom stereocenters. The molecule has 3 aromatic rings. The van der Waals surface area contributed by atoms with Gasteiger partial charge in [0, 0.05) is 23.7 Å². The number of nitrogens with zero attached hydrogens (tertiary/aromatic N) is 2. The standard InChI is InChI=1S/C28H25ClFN3O4S/c1-2-37-27(36)19-5-11-23(12-6-19)32-28-33(16-15-18-3-7-20(29)8-4-18)26(35)24(38-28)17-25(34)31-22-13-9-21(30)10-14-22/h3-14,24H,2,15-17H2,1H3,(H,31,34). The maximum Gasteiger partial charge on any atom is 0.338 e. The first-order valence-electron chi connectivity index (χ1n) is 12.0. The number of carbonyl (C=O) groups is 3. The molecule has 1 aliphatic rings. The van der Waals surface area contributed by atoms with Crippen molar-refractivity contribution < 1.29 is 23.5 Å². The number of hydrogen-bond acceptors (Lipinski definition) is 6. The topological polar surface area (TPSA) is 88.1 Å². The molecule has 7 nitrogen and oxygen atoms in total. The van der Waals surface area contributed by atoms with Crippen LogP contribution in [0.3, 0.4) is 0 Å². The fourth-order valence-corrected chi connectivity index (χ4v) is 5.04. The third-order valence-electron chi connectivity index (χ3n) is 5.66. The molecule has 1 fully saturated rings. The Labute approximate surface area is 229 Å². The van der Waals surface area contributed by atoms with Gasteiger partial charge < -0.3 is 10.1 Å². The van der Waals surface area contributed by atoms with E-state index >= 15 is 0 Å². The highest BCUT2D eigenvalue weighted by Gasteiger charge is 2.39. The summed E-state index contributed by atoms with van der Waals surface area (Å²) in [5.74, 6) is -1.41. The van der Waals surface area contributed by atoms with Crippen molar-refractivity contribution in [3.05, 3.63) is 94.8 Å². The van der Waals surface area contributed by atoms with E-state index in [0.717, 1.165) is 5.56 Å². The second-order valence-corrected chi connectivity index (χ2v) is 10.0. The molecule has 0 radical (unpaired) electrons. The van der Waals surface area contributed by atoms with E-state index in [4.69, 9.17) is 16.3 Å². The molecular weight excluding hydrogens is 529 g/mol. The maximum atomic E-state index is 13.3. The highest BCUT2D eigenvalue weighted by molar-refractivity contribution is 8.15. The van der Waals surface area contributed by atoms with Crippen LogP contribution in [0.15, 0.2) is 77.8 Å². The van der Waals surface area contributed by atoms with E-state index in [-0.39, 0.29) is 24.8 Å². The van der Waals surface area contributed by atoms with Crippen LogP contribution in [0.2, 0.25) is 5.02 Å². The lowest BCUT2D eigenvalue weighted by atomic mass is 10.1. The van der Waals surface area contributed by atoms with Crippen molar-refractivity contribution in [2.45, 2.75) is 25.0 Å². The predicted octanol–water partition coefficient (Wildman–Crippen LogP) is 5.86. The lowest BCUT2D eigenvalue weighted by molar-refractivity contribution is -0.128. The Morgan fingerprint density at radius 1 is 1.05 bits per heavy atom. The fourth-order valence-electron chi connectivity index (χ4n) is 3.73. The van der Waals surface area contributed by atoms with Crippen molar-refractivity contribution >= 4 is 57.7 Å². The molecule has 0 spiro atoms. The van der Waals surface area contributed by atoms with Gasteiger partial charge in [0.1, 0.15) is 11.1 Å². The first-order chi connectivity index (χ1) is 18.3. The lowest BCUT2D eigenvalue weighted by Crippen LogP contribution is -2.35. The average molecular weight is 554 g/mol. The number of carbonyl (C=O) groups excluding carboxylic acids is 3. The second kappa shape index (κ2) is 12.7. The normalized spacial score (nSPS) is 16.1. The van der Waals surface area contributed by atoms with E-state index in [1.807, 2.05) is 12.1 Å². The molecule has 1 heterocycles. The van der Waals surface area contributed by atoms with E-state index in [0.29, 0.717) is 40.1 Å². The highest BCUT2D eigenvalue weighted by Crippen LogP contribution is 2.32. The van der Waals surface area contributed by atoms with Gasteiger partial charge in [-0.2, -0.15) is 0 Å². The Morgan fingerprint density at radius 2 is 1.74 bits per heavy atom. The van der Waals surface area contributed by atoms with Crippen molar-refractivity contribution in [1.82, 2.24) is 4.90 Å². The number of hydrogen-bond donors (Lipinski definition) is 1. The SMILES string of the molecule is CCOC(=O)c1ccc(N=C2SC(CC(=O)Nc3ccc(F)cc3)C(=O)N2CCc2ccc(Cl)cc2)cc1. The van der Waals surface area contributed by atoms with E-state index in [1.165, 1.54) is 36.0 Å². The smallest absolute Gasteiger partial charge is 0.338 e. The van der Waals surface area contributed by atoms with Crippen molar-refractivity contribution in [2.24, 2.45) is 4.99 Å². The van der Waals surface area contributed by atoms with Crippen LogP contribution in [0.5, 0.6) is 0 Å². The summed E-state index contributed by atoms with van der Waals surface area (Å²) in [4.78, 5) is 44.2. The number of amides is 2. The number of aliphatic imine (C=N–C) groups is 1. The molecule has 1 aliphatic heterocycles. The lowest BCUT2D eigenvalue weighted by Gasteiger charge is -2.16. The molecular formula is C28H25ClFN3O4S. The van der Waals surface area contributed by atoms with Crippen LogP contribution in [0.1, 0.15) is 29.3 Å². The number of rotatable bonds is 9. The Kier molecular flexibility index (Phi) is 9.15. The molecule has 1 unspecified atom stereocenters. The Hall–Kier alpha value is -3.69. The van der Waals surface area contributed by atoms with Gasteiger partial charge in [0.15, 0.2) is 5.17 Å². The van der Waals surface area contributed by atoms with Crippen LogP contribution in [-0.4, -0.2) is 46.3 Å². The number of ether oxygens (including phenoxy) is 1. The summed E-state index contributed by atoms with van der Waals surface area (Å²) in [6, 6.07) is 19.4. The van der Waals surface area contributed by atoms with Crippen LogP contribution in [-0.2, 0) is 20.7 Å². The fraction of sp³-hybridized carbons (Fsp3) is 0.214. The van der Waals surface area contributed by atoms with Crippen LogP contribution >= 0.6 is 23.4 Å². The summed E-state index contributed by atoms with van der Waals surface area (Å²) in [6.45, 7) is 2.38. The zero-order valence-electron chi connectivity index (χ0n) is 20.5. The van der Waals surface area contributed by atoms with E-state index in [9.17, 15) is 18.8 Å². The number of thioether (sulfide) groups is 1. The summed E-state index contributed by atoms with van der Waals surface area (Å²) in [6.07, 6.45) is 0.498. The molecule has 0 aromatic heterocycles. The third kappa shape index (κ3) is 7.20. The number of halogens is 2. The molecule has 2 amide bonds. The molecule has 1 saturated heterocycles. The van der Waals surface area contributed by atoms with Crippen molar-refractivity contribution in [3.63, 3.8) is 0 Å². The Bertz CT molecular complexity index is 1330. The van der Waals surface area contributed by atoms with E-state index < -0.39 is 17.0 Å². The molecule has 4 rings (SSSR count). The number of anilines is 1. The molecule has 3 aromatic carbocycles. The minimum absolute atomic E-state index is 0.0703. The minimum Gasteiger partial charge on any atom is -0.462 e. The zero-order chi connectivity index (χ0) is 27.1. The van der Waals surface area contributed by atoms with Gasteiger partial charge in [-0.3, -0.25) is 14.5 Å². The molecule has 1 N–H and O–H groups in total. The van der Waals surface area contributed by atoms with Crippen LogP contribution < -0.4 is 5.32 Å². The van der Waals surface area contributed by atoms with Gasteiger partial charge in [-0.05, 0) is 79.6 Å². The Balaban J connectivity index is 1.51. The number of benzene rings is 3. The molecule has 0 aliphatic carbocycles. The van der Waals surface area contributed by atoms with Gasteiger partial charge in [0.25, 0.3) is 0 Å². The first-order valence-corrected chi connectivity index (χ1v) is 13.2. The molecule has 10 heteroatoms. The van der Waals surface area contributed by atoms with Gasteiger partial charge in [0.05, 0.1) is 17.9 Å². The third-order valence-corrected chi connectivity index (χ3v) is 7.09. The van der Waals surface area contributed by atoms with Gasteiger partial charge in [0.2, 0.25) is 11.8 Å². The van der Waals surface area contributed by atoms with Crippen LogP contribution in [0, 0.1) is 5.82 Å². The number of esters is 1. The van der Waals surface area contributed by atoms with Gasteiger partial charge >= 0.3 is 5.97 Å².